The average molecular weight is 157 g/mol. The Morgan fingerprint density at radius 1 is 1.27 bits per heavy atom. The molecule has 0 radical (unpaired) electrons. The van der Waals surface area contributed by atoms with Crippen molar-refractivity contribution in [3.63, 3.8) is 0 Å². The highest BCUT2D eigenvalue weighted by atomic mass is 19.2. The zero-order valence-corrected chi connectivity index (χ0v) is 5.30. The fraction of sp³-hybridized carbons (Fsp3) is 0. The molecule has 0 saturated heterocycles. The van der Waals surface area contributed by atoms with Gasteiger partial charge < -0.3 is 9.90 Å². The van der Waals surface area contributed by atoms with Crippen LogP contribution < -0.4 is 5.11 Å². The summed E-state index contributed by atoms with van der Waals surface area (Å²) in [6.07, 6.45) is 0. The predicted octanol–water partition coefficient (Wildman–Crippen LogP) is 0.328. The van der Waals surface area contributed by atoms with Crippen molar-refractivity contribution >= 4 is 5.97 Å². The SMILES string of the molecule is O=C([O-])c1ccc(F)c(F)c1. The second kappa shape index (κ2) is 2.65. The van der Waals surface area contributed by atoms with Crippen molar-refractivity contribution in [2.24, 2.45) is 0 Å². The van der Waals surface area contributed by atoms with Gasteiger partial charge in [0.2, 0.25) is 0 Å². The van der Waals surface area contributed by atoms with Crippen molar-refractivity contribution in [1.82, 2.24) is 0 Å². The average Bonchev–Trinajstić information content (AvgIpc) is 1.94. The maximum Gasteiger partial charge on any atom is 0.159 e. The van der Waals surface area contributed by atoms with Crippen LogP contribution in [0.2, 0.25) is 0 Å². The van der Waals surface area contributed by atoms with E-state index >= 15 is 0 Å². The minimum absolute atomic E-state index is 0.371. The first-order valence-electron chi connectivity index (χ1n) is 2.77. The highest BCUT2D eigenvalue weighted by Crippen LogP contribution is 2.07. The topological polar surface area (TPSA) is 40.1 Å². The normalized spacial score (nSPS) is 9.64. The van der Waals surface area contributed by atoms with Gasteiger partial charge in [0.15, 0.2) is 11.6 Å². The Morgan fingerprint density at radius 2 is 1.91 bits per heavy atom. The van der Waals surface area contributed by atoms with E-state index in [2.05, 4.69) is 0 Å². The summed E-state index contributed by atoms with van der Waals surface area (Å²) in [6.45, 7) is 0. The molecule has 0 aliphatic carbocycles. The van der Waals surface area contributed by atoms with Gasteiger partial charge in [-0.15, -0.1) is 0 Å². The van der Waals surface area contributed by atoms with Crippen LogP contribution in [0, 0.1) is 11.6 Å². The van der Waals surface area contributed by atoms with Crippen LogP contribution in [0.15, 0.2) is 18.2 Å². The van der Waals surface area contributed by atoms with Crippen LogP contribution in [0.5, 0.6) is 0 Å². The molecule has 58 valence electrons. The highest BCUT2D eigenvalue weighted by molar-refractivity contribution is 5.85. The Kier molecular flexibility index (Phi) is 1.85. The van der Waals surface area contributed by atoms with E-state index in [9.17, 15) is 18.7 Å². The molecular weight excluding hydrogens is 154 g/mol. The van der Waals surface area contributed by atoms with Gasteiger partial charge in [0, 0.05) is 5.56 Å². The summed E-state index contributed by atoms with van der Waals surface area (Å²) < 4.78 is 24.4. The van der Waals surface area contributed by atoms with Crippen LogP contribution in [0.1, 0.15) is 10.4 Å². The number of carbonyl (C=O) groups excluding carboxylic acids is 1. The molecule has 0 aromatic heterocycles. The summed E-state index contributed by atoms with van der Waals surface area (Å²) in [6, 6.07) is 2.25. The van der Waals surface area contributed by atoms with Crippen molar-refractivity contribution in [2.75, 3.05) is 0 Å². The van der Waals surface area contributed by atoms with Gasteiger partial charge in [-0.2, -0.15) is 0 Å². The van der Waals surface area contributed by atoms with E-state index in [-0.39, 0.29) is 5.56 Å². The fourth-order valence-electron chi connectivity index (χ4n) is 0.623. The molecule has 0 amide bonds. The summed E-state index contributed by atoms with van der Waals surface area (Å²) in [5.74, 6) is -3.79. The molecule has 0 fully saturated rings. The molecule has 0 N–H and O–H groups in total. The predicted molar refractivity (Wildman–Crippen MR) is 30.7 cm³/mol. The number of aromatic carboxylic acids is 1. The number of halogens is 2. The quantitative estimate of drug-likeness (QED) is 0.589. The first-order chi connectivity index (χ1) is 5.11. The van der Waals surface area contributed by atoms with E-state index in [1.165, 1.54) is 0 Å². The number of hydrogen-bond acceptors (Lipinski definition) is 2. The summed E-state index contributed by atoms with van der Waals surface area (Å²) >= 11 is 0. The van der Waals surface area contributed by atoms with Gasteiger partial charge in [-0.05, 0) is 12.1 Å². The molecule has 0 atom stereocenters. The van der Waals surface area contributed by atoms with Crippen molar-refractivity contribution in [1.29, 1.82) is 0 Å². The molecule has 0 aliphatic rings. The minimum atomic E-state index is -1.52. The Balaban J connectivity index is 3.15. The number of carboxylic acids is 1. The van der Waals surface area contributed by atoms with Crippen molar-refractivity contribution in [3.8, 4) is 0 Å². The standard InChI is InChI=1S/C7H4F2O2/c8-5-2-1-4(7(10)11)3-6(5)9/h1-3H,(H,10,11)/p-1. The van der Waals surface area contributed by atoms with Crippen molar-refractivity contribution in [3.05, 3.63) is 35.4 Å². The first-order valence-corrected chi connectivity index (χ1v) is 2.77. The van der Waals surface area contributed by atoms with Gasteiger partial charge in [0.1, 0.15) is 0 Å². The van der Waals surface area contributed by atoms with Gasteiger partial charge in [-0.1, -0.05) is 6.07 Å². The second-order valence-corrected chi connectivity index (χ2v) is 1.92. The highest BCUT2D eigenvalue weighted by Gasteiger charge is 2.01. The van der Waals surface area contributed by atoms with E-state index in [1.54, 1.807) is 0 Å². The van der Waals surface area contributed by atoms with E-state index in [0.717, 1.165) is 12.1 Å². The third-order valence-corrected chi connectivity index (χ3v) is 1.16. The monoisotopic (exact) mass is 157 g/mol. The van der Waals surface area contributed by atoms with Gasteiger partial charge in [-0.25, -0.2) is 8.78 Å². The van der Waals surface area contributed by atoms with E-state index in [0.29, 0.717) is 6.07 Å². The number of benzene rings is 1. The Labute approximate surface area is 61.1 Å². The number of carboxylic acid groups (broad SMARTS) is 1. The molecule has 0 spiro atoms. The van der Waals surface area contributed by atoms with Crippen LogP contribution in [-0.4, -0.2) is 5.97 Å². The van der Waals surface area contributed by atoms with Gasteiger partial charge in [0.25, 0.3) is 0 Å². The number of carbonyl (C=O) groups is 1. The molecule has 0 heterocycles. The Bertz CT molecular complexity index is 296. The lowest BCUT2D eigenvalue weighted by Crippen LogP contribution is -2.22. The van der Waals surface area contributed by atoms with Crippen LogP contribution in [0.4, 0.5) is 8.78 Å². The smallest absolute Gasteiger partial charge is 0.159 e. The van der Waals surface area contributed by atoms with Crippen LogP contribution in [0.25, 0.3) is 0 Å². The van der Waals surface area contributed by atoms with Gasteiger partial charge in [0.05, 0.1) is 5.97 Å². The summed E-state index contributed by atoms with van der Waals surface area (Å²) in [5, 5.41) is 10.1. The lowest BCUT2D eigenvalue weighted by molar-refractivity contribution is -0.255. The van der Waals surface area contributed by atoms with Gasteiger partial charge in [-0.3, -0.25) is 0 Å². The lowest BCUT2D eigenvalue weighted by Gasteiger charge is -2.00. The van der Waals surface area contributed by atoms with Crippen molar-refractivity contribution in [2.45, 2.75) is 0 Å². The third kappa shape index (κ3) is 1.52. The second-order valence-electron chi connectivity index (χ2n) is 1.92. The maximum absolute atomic E-state index is 12.3. The zero-order valence-electron chi connectivity index (χ0n) is 5.30. The van der Waals surface area contributed by atoms with Crippen LogP contribution in [0.3, 0.4) is 0 Å². The molecular formula is C7H3F2O2-. The van der Waals surface area contributed by atoms with Crippen molar-refractivity contribution < 1.29 is 18.7 Å². The maximum atomic E-state index is 12.3. The molecule has 0 aliphatic heterocycles. The number of rotatable bonds is 1. The number of hydrogen-bond donors (Lipinski definition) is 0. The first kappa shape index (κ1) is 7.65. The molecule has 2 nitrogen and oxygen atoms in total. The molecule has 0 saturated carbocycles. The molecule has 11 heavy (non-hydrogen) atoms. The molecule has 1 rings (SSSR count). The molecule has 0 bridgehead atoms. The molecule has 0 unspecified atom stereocenters. The molecule has 1 aromatic rings. The van der Waals surface area contributed by atoms with Crippen LogP contribution >= 0.6 is 0 Å². The summed E-state index contributed by atoms with van der Waals surface area (Å²) in [4.78, 5) is 10.1. The Morgan fingerprint density at radius 3 is 2.36 bits per heavy atom. The zero-order chi connectivity index (χ0) is 8.43. The third-order valence-electron chi connectivity index (χ3n) is 1.16. The summed E-state index contributed by atoms with van der Waals surface area (Å²) in [5.41, 5.74) is -0.371. The largest absolute Gasteiger partial charge is 0.545 e. The lowest BCUT2D eigenvalue weighted by atomic mass is 10.2. The van der Waals surface area contributed by atoms with E-state index in [1.807, 2.05) is 0 Å². The van der Waals surface area contributed by atoms with Crippen LogP contribution in [-0.2, 0) is 0 Å². The molecule has 4 heteroatoms. The van der Waals surface area contributed by atoms with Gasteiger partial charge >= 0.3 is 0 Å². The minimum Gasteiger partial charge on any atom is -0.545 e. The Hall–Kier alpha value is -1.45. The molecule has 1 aromatic carbocycles. The fourth-order valence-corrected chi connectivity index (χ4v) is 0.623. The summed E-state index contributed by atoms with van der Waals surface area (Å²) in [7, 11) is 0. The van der Waals surface area contributed by atoms with E-state index < -0.39 is 17.6 Å². The van der Waals surface area contributed by atoms with E-state index in [4.69, 9.17) is 0 Å².